The molecular weight excluding hydrogens is 234 g/mol. The van der Waals surface area contributed by atoms with Crippen molar-refractivity contribution in [3.8, 4) is 0 Å². The van der Waals surface area contributed by atoms with E-state index in [0.29, 0.717) is 5.13 Å². The Balaban J connectivity index is 2.45. The van der Waals surface area contributed by atoms with Crippen LogP contribution in [-0.4, -0.2) is 39.8 Å². The Bertz CT molecular complexity index is 354. The Morgan fingerprint density at radius 2 is 2.31 bits per heavy atom. The third kappa shape index (κ3) is 3.83. The molecule has 0 aliphatic rings. The highest BCUT2D eigenvalue weighted by molar-refractivity contribution is 7.13. The van der Waals surface area contributed by atoms with E-state index in [2.05, 4.69) is 15.6 Å². The Kier molecular flexibility index (Phi) is 4.67. The fraction of sp³-hybridized carbons (Fsp3) is 0.375. The highest BCUT2D eigenvalue weighted by Gasteiger charge is 2.19. The second kappa shape index (κ2) is 6.03. The summed E-state index contributed by atoms with van der Waals surface area (Å²) < 4.78 is 0. The van der Waals surface area contributed by atoms with E-state index in [1.807, 2.05) is 0 Å². The number of aliphatic carboxylic acids is 1. The van der Waals surface area contributed by atoms with E-state index in [1.165, 1.54) is 17.5 Å². The Morgan fingerprint density at radius 3 is 2.81 bits per heavy atom. The van der Waals surface area contributed by atoms with E-state index in [1.54, 1.807) is 5.38 Å². The molecule has 1 aromatic heterocycles. The zero-order chi connectivity index (χ0) is 12.0. The van der Waals surface area contributed by atoms with E-state index >= 15 is 0 Å². The van der Waals surface area contributed by atoms with Crippen molar-refractivity contribution in [1.29, 1.82) is 0 Å². The van der Waals surface area contributed by atoms with Crippen LogP contribution in [0.1, 0.15) is 6.42 Å². The van der Waals surface area contributed by atoms with Crippen molar-refractivity contribution in [3.05, 3.63) is 11.6 Å². The number of hydrogen-bond donors (Lipinski definition) is 4. The normalized spacial score (nSPS) is 11.8. The van der Waals surface area contributed by atoms with Crippen LogP contribution in [0, 0.1) is 0 Å². The van der Waals surface area contributed by atoms with E-state index in [0.717, 1.165) is 0 Å². The van der Waals surface area contributed by atoms with Gasteiger partial charge in [-0.1, -0.05) is 0 Å². The molecule has 0 saturated heterocycles. The molecule has 4 N–H and O–H groups in total. The molecular formula is C8H11N3O4S. The number of amides is 2. The molecule has 0 aliphatic heterocycles. The van der Waals surface area contributed by atoms with Gasteiger partial charge in [-0.25, -0.2) is 14.6 Å². The molecule has 1 heterocycles. The number of carbonyl (C=O) groups is 2. The predicted octanol–water partition coefficient (Wildman–Crippen LogP) is 0.100. The predicted molar refractivity (Wildman–Crippen MR) is 57.4 cm³/mol. The first-order chi connectivity index (χ1) is 7.63. The largest absolute Gasteiger partial charge is 0.480 e. The van der Waals surface area contributed by atoms with Crippen LogP contribution in [0.25, 0.3) is 0 Å². The van der Waals surface area contributed by atoms with Crippen molar-refractivity contribution in [2.45, 2.75) is 12.5 Å². The number of thiazole rings is 1. The molecule has 7 nitrogen and oxygen atoms in total. The number of carboxylic acid groups (broad SMARTS) is 1. The fourth-order valence-electron chi connectivity index (χ4n) is 0.963. The molecule has 8 heteroatoms. The summed E-state index contributed by atoms with van der Waals surface area (Å²) in [7, 11) is 0. The van der Waals surface area contributed by atoms with E-state index in [4.69, 9.17) is 10.2 Å². The average Bonchev–Trinajstić information content (AvgIpc) is 2.69. The average molecular weight is 245 g/mol. The molecule has 0 spiro atoms. The number of aliphatic hydroxyl groups is 1. The van der Waals surface area contributed by atoms with Crippen LogP contribution in [0.3, 0.4) is 0 Å². The summed E-state index contributed by atoms with van der Waals surface area (Å²) in [4.78, 5) is 25.8. The molecule has 0 bridgehead atoms. The summed E-state index contributed by atoms with van der Waals surface area (Å²) in [5.41, 5.74) is 0. The van der Waals surface area contributed by atoms with Crippen LogP contribution in [0.15, 0.2) is 11.6 Å². The fourth-order valence-corrected chi connectivity index (χ4v) is 1.49. The second-order valence-corrected chi connectivity index (χ2v) is 3.73. The number of urea groups is 1. The van der Waals surface area contributed by atoms with Gasteiger partial charge in [0.1, 0.15) is 6.04 Å². The van der Waals surface area contributed by atoms with Gasteiger partial charge in [-0.3, -0.25) is 5.32 Å². The molecule has 0 unspecified atom stereocenters. The lowest BCUT2D eigenvalue weighted by Gasteiger charge is -2.12. The Hall–Kier alpha value is -1.67. The van der Waals surface area contributed by atoms with E-state index in [-0.39, 0.29) is 13.0 Å². The maximum atomic E-state index is 11.3. The van der Waals surface area contributed by atoms with Crippen LogP contribution in [0.2, 0.25) is 0 Å². The van der Waals surface area contributed by atoms with Crippen LogP contribution < -0.4 is 10.6 Å². The third-order valence-electron chi connectivity index (χ3n) is 1.67. The van der Waals surface area contributed by atoms with Crippen molar-refractivity contribution in [1.82, 2.24) is 10.3 Å². The summed E-state index contributed by atoms with van der Waals surface area (Å²) in [5.74, 6) is -1.19. The number of nitrogens with zero attached hydrogens (tertiary/aromatic N) is 1. The van der Waals surface area contributed by atoms with Gasteiger partial charge in [-0.2, -0.15) is 0 Å². The summed E-state index contributed by atoms with van der Waals surface area (Å²) in [6, 6.07) is -1.76. The molecule has 1 atom stereocenters. The third-order valence-corrected chi connectivity index (χ3v) is 2.36. The lowest BCUT2D eigenvalue weighted by atomic mass is 10.2. The summed E-state index contributed by atoms with van der Waals surface area (Å²) >= 11 is 1.22. The van der Waals surface area contributed by atoms with Gasteiger partial charge in [0.25, 0.3) is 0 Å². The first-order valence-corrected chi connectivity index (χ1v) is 5.32. The lowest BCUT2D eigenvalue weighted by Crippen LogP contribution is -2.43. The maximum Gasteiger partial charge on any atom is 0.326 e. The molecule has 0 fully saturated rings. The van der Waals surface area contributed by atoms with Crippen molar-refractivity contribution in [3.63, 3.8) is 0 Å². The molecule has 1 aromatic rings. The number of aromatic nitrogens is 1. The second-order valence-electron chi connectivity index (χ2n) is 2.84. The smallest absolute Gasteiger partial charge is 0.326 e. The van der Waals surface area contributed by atoms with Gasteiger partial charge >= 0.3 is 12.0 Å². The summed E-state index contributed by atoms with van der Waals surface area (Å²) in [6.45, 7) is -0.311. The quantitative estimate of drug-likeness (QED) is 0.588. The first-order valence-electron chi connectivity index (χ1n) is 4.44. The van der Waals surface area contributed by atoms with Crippen molar-refractivity contribution < 1.29 is 19.8 Å². The van der Waals surface area contributed by atoms with Gasteiger partial charge in [0.15, 0.2) is 5.13 Å². The minimum Gasteiger partial charge on any atom is -0.480 e. The number of aliphatic hydroxyl groups excluding tert-OH is 1. The van der Waals surface area contributed by atoms with E-state index in [9.17, 15) is 9.59 Å². The zero-order valence-corrected chi connectivity index (χ0v) is 9.03. The number of nitrogens with one attached hydrogen (secondary N) is 2. The van der Waals surface area contributed by atoms with Gasteiger partial charge in [-0.15, -0.1) is 11.3 Å². The number of hydrogen-bond acceptors (Lipinski definition) is 5. The minimum atomic E-state index is -1.19. The van der Waals surface area contributed by atoms with Gasteiger partial charge < -0.3 is 15.5 Å². The highest BCUT2D eigenvalue weighted by atomic mass is 32.1. The number of anilines is 1. The van der Waals surface area contributed by atoms with Crippen molar-refractivity contribution in [2.24, 2.45) is 0 Å². The molecule has 0 radical (unpaired) electrons. The number of carbonyl (C=O) groups excluding carboxylic acids is 1. The lowest BCUT2D eigenvalue weighted by molar-refractivity contribution is -0.139. The minimum absolute atomic E-state index is 0.0410. The van der Waals surface area contributed by atoms with Crippen LogP contribution >= 0.6 is 11.3 Å². The summed E-state index contributed by atoms with van der Waals surface area (Å²) in [6.07, 6.45) is 1.48. The number of carboxylic acids is 1. The molecule has 2 amide bonds. The van der Waals surface area contributed by atoms with Crippen LogP contribution in [0.5, 0.6) is 0 Å². The topological polar surface area (TPSA) is 112 Å². The molecule has 0 aliphatic carbocycles. The molecule has 16 heavy (non-hydrogen) atoms. The van der Waals surface area contributed by atoms with Gasteiger partial charge in [0.2, 0.25) is 0 Å². The molecule has 88 valence electrons. The zero-order valence-electron chi connectivity index (χ0n) is 8.21. The van der Waals surface area contributed by atoms with Gasteiger partial charge in [0, 0.05) is 24.6 Å². The van der Waals surface area contributed by atoms with Crippen LogP contribution in [0.4, 0.5) is 9.93 Å². The maximum absolute atomic E-state index is 11.3. The Morgan fingerprint density at radius 1 is 1.56 bits per heavy atom. The molecule has 0 saturated carbocycles. The van der Waals surface area contributed by atoms with E-state index < -0.39 is 18.0 Å². The monoisotopic (exact) mass is 245 g/mol. The van der Waals surface area contributed by atoms with Gasteiger partial charge in [-0.05, 0) is 0 Å². The molecule has 1 rings (SSSR count). The van der Waals surface area contributed by atoms with Crippen molar-refractivity contribution >= 4 is 28.5 Å². The SMILES string of the molecule is O=C(Nc1nccs1)N[C@H](CCO)C(=O)O. The number of rotatable bonds is 5. The molecule has 0 aromatic carbocycles. The Labute approximate surface area is 95.1 Å². The summed E-state index contributed by atoms with van der Waals surface area (Å²) in [5, 5.41) is 24.0. The first kappa shape index (κ1) is 12.4. The van der Waals surface area contributed by atoms with Gasteiger partial charge in [0.05, 0.1) is 0 Å². The van der Waals surface area contributed by atoms with Crippen LogP contribution in [-0.2, 0) is 4.79 Å². The standard InChI is InChI=1S/C8H11N3O4S/c12-3-1-5(6(13)14)10-7(15)11-8-9-2-4-16-8/h2,4-5,12H,1,3H2,(H,13,14)(H2,9,10,11,15)/t5-/m1/s1. The highest BCUT2D eigenvalue weighted by Crippen LogP contribution is 2.09. The van der Waals surface area contributed by atoms with Crippen molar-refractivity contribution in [2.75, 3.05) is 11.9 Å².